The molecular weight excluding hydrogens is 342 g/mol. The summed E-state index contributed by atoms with van der Waals surface area (Å²) in [5, 5.41) is 21.1. The molecule has 1 aromatic heterocycles. The molecule has 0 spiro atoms. The standard InChI is InChI=1S/C17H22ClN5O2/c1-11-4-3-5-14(18)16(11)19-17(25)22-8-6-13(7-9-22)23-10-15(12(2)24)20-21-23/h3-5,10,12-13,24H,6-9H2,1-2H3,(H,19,25)/t12-/m1/s1. The fourth-order valence-corrected chi connectivity index (χ4v) is 3.24. The van der Waals surface area contributed by atoms with Gasteiger partial charge in [0.2, 0.25) is 0 Å². The van der Waals surface area contributed by atoms with Gasteiger partial charge in [-0.05, 0) is 38.3 Å². The first kappa shape index (κ1) is 17.7. The Labute approximate surface area is 151 Å². The molecule has 2 aromatic rings. The molecule has 1 aliphatic heterocycles. The molecule has 1 atom stereocenters. The molecule has 2 heterocycles. The Morgan fingerprint density at radius 2 is 2.12 bits per heavy atom. The second kappa shape index (κ2) is 7.41. The maximum atomic E-state index is 12.5. The number of carbonyl (C=O) groups excluding carboxylic acids is 1. The van der Waals surface area contributed by atoms with E-state index >= 15 is 0 Å². The predicted molar refractivity (Wildman–Crippen MR) is 95.7 cm³/mol. The topological polar surface area (TPSA) is 83.3 Å². The molecule has 2 amide bonds. The Bertz CT molecular complexity index is 733. The Kier molecular flexibility index (Phi) is 5.24. The van der Waals surface area contributed by atoms with Gasteiger partial charge in [0.15, 0.2) is 0 Å². The molecule has 0 radical (unpaired) electrons. The van der Waals surface area contributed by atoms with Crippen LogP contribution in [0.3, 0.4) is 0 Å². The van der Waals surface area contributed by atoms with Crippen molar-refractivity contribution in [3.05, 3.63) is 40.7 Å². The fraction of sp³-hybridized carbons (Fsp3) is 0.471. The highest BCUT2D eigenvalue weighted by Crippen LogP contribution is 2.27. The lowest BCUT2D eigenvalue weighted by Crippen LogP contribution is -2.41. The highest BCUT2D eigenvalue weighted by atomic mass is 35.5. The van der Waals surface area contributed by atoms with Gasteiger partial charge in [-0.15, -0.1) is 5.10 Å². The first-order valence-corrected chi connectivity index (χ1v) is 8.74. The second-order valence-electron chi connectivity index (χ2n) is 6.38. The third-order valence-electron chi connectivity index (χ3n) is 4.54. The number of aryl methyl sites for hydroxylation is 1. The molecule has 1 fully saturated rings. The first-order chi connectivity index (χ1) is 12.0. The molecule has 3 rings (SSSR count). The van der Waals surface area contributed by atoms with Gasteiger partial charge in [0.1, 0.15) is 5.69 Å². The summed E-state index contributed by atoms with van der Waals surface area (Å²) in [6.07, 6.45) is 2.73. The van der Waals surface area contributed by atoms with Crippen molar-refractivity contribution in [3.8, 4) is 0 Å². The molecule has 0 bridgehead atoms. The number of amides is 2. The van der Waals surface area contributed by atoms with E-state index in [0.29, 0.717) is 29.5 Å². The number of aliphatic hydroxyl groups is 1. The molecular formula is C17H22ClN5O2. The van der Waals surface area contributed by atoms with Crippen molar-refractivity contribution < 1.29 is 9.90 Å². The maximum absolute atomic E-state index is 12.5. The number of carbonyl (C=O) groups is 1. The van der Waals surface area contributed by atoms with E-state index in [1.807, 2.05) is 19.1 Å². The van der Waals surface area contributed by atoms with Crippen molar-refractivity contribution in [1.29, 1.82) is 0 Å². The predicted octanol–water partition coefficient (Wildman–Crippen LogP) is 3.16. The van der Waals surface area contributed by atoms with Gasteiger partial charge in [-0.1, -0.05) is 28.9 Å². The SMILES string of the molecule is Cc1cccc(Cl)c1NC(=O)N1CCC(n2cc([C@@H](C)O)nn2)CC1. The number of anilines is 1. The largest absolute Gasteiger partial charge is 0.387 e. The van der Waals surface area contributed by atoms with Crippen molar-refractivity contribution >= 4 is 23.3 Å². The first-order valence-electron chi connectivity index (χ1n) is 8.36. The number of aliphatic hydroxyl groups excluding tert-OH is 1. The number of nitrogens with one attached hydrogen (secondary N) is 1. The minimum absolute atomic E-state index is 0.141. The summed E-state index contributed by atoms with van der Waals surface area (Å²) >= 11 is 6.17. The number of rotatable bonds is 3. The fourth-order valence-electron chi connectivity index (χ4n) is 2.97. The van der Waals surface area contributed by atoms with E-state index in [1.165, 1.54) is 0 Å². The van der Waals surface area contributed by atoms with Gasteiger partial charge in [0, 0.05) is 13.1 Å². The number of hydrogen-bond acceptors (Lipinski definition) is 4. The molecule has 25 heavy (non-hydrogen) atoms. The minimum Gasteiger partial charge on any atom is -0.387 e. The van der Waals surface area contributed by atoms with Crippen LogP contribution >= 0.6 is 11.6 Å². The van der Waals surface area contributed by atoms with Crippen LogP contribution in [0.1, 0.15) is 43.2 Å². The molecule has 1 aliphatic rings. The van der Waals surface area contributed by atoms with Crippen molar-refractivity contribution in [2.24, 2.45) is 0 Å². The number of likely N-dealkylation sites (tertiary alicyclic amines) is 1. The number of urea groups is 1. The summed E-state index contributed by atoms with van der Waals surface area (Å²) in [6.45, 7) is 4.84. The monoisotopic (exact) mass is 363 g/mol. The smallest absolute Gasteiger partial charge is 0.321 e. The van der Waals surface area contributed by atoms with E-state index in [-0.39, 0.29) is 12.1 Å². The number of halogens is 1. The average molecular weight is 364 g/mol. The molecule has 1 saturated heterocycles. The molecule has 2 N–H and O–H groups in total. The normalized spacial score (nSPS) is 16.7. The average Bonchev–Trinajstić information content (AvgIpc) is 3.09. The minimum atomic E-state index is -0.626. The molecule has 134 valence electrons. The van der Waals surface area contributed by atoms with Gasteiger partial charge in [-0.3, -0.25) is 0 Å². The Hall–Kier alpha value is -2.12. The van der Waals surface area contributed by atoms with Gasteiger partial charge >= 0.3 is 6.03 Å². The van der Waals surface area contributed by atoms with E-state index in [4.69, 9.17) is 11.6 Å². The van der Waals surface area contributed by atoms with Crippen molar-refractivity contribution in [1.82, 2.24) is 19.9 Å². The lowest BCUT2D eigenvalue weighted by molar-refractivity contribution is 0.179. The maximum Gasteiger partial charge on any atom is 0.321 e. The summed E-state index contributed by atoms with van der Waals surface area (Å²) in [6, 6.07) is 5.58. The van der Waals surface area contributed by atoms with Crippen LogP contribution in [-0.2, 0) is 0 Å². The van der Waals surface area contributed by atoms with Gasteiger partial charge in [0.25, 0.3) is 0 Å². The highest BCUT2D eigenvalue weighted by molar-refractivity contribution is 6.33. The molecule has 1 aromatic carbocycles. The summed E-state index contributed by atoms with van der Waals surface area (Å²) in [5.41, 5.74) is 2.16. The summed E-state index contributed by atoms with van der Waals surface area (Å²) in [7, 11) is 0. The number of aromatic nitrogens is 3. The zero-order valence-electron chi connectivity index (χ0n) is 14.3. The molecule has 0 unspecified atom stereocenters. The van der Waals surface area contributed by atoms with Crippen LogP contribution in [0.15, 0.2) is 24.4 Å². The van der Waals surface area contributed by atoms with Gasteiger partial charge in [-0.2, -0.15) is 0 Å². The summed E-state index contributed by atoms with van der Waals surface area (Å²) < 4.78 is 1.79. The van der Waals surface area contributed by atoms with Gasteiger partial charge in [0.05, 0.1) is 29.1 Å². The number of hydrogen-bond donors (Lipinski definition) is 2. The quantitative estimate of drug-likeness (QED) is 0.877. The molecule has 0 aliphatic carbocycles. The Morgan fingerprint density at radius 1 is 1.40 bits per heavy atom. The van der Waals surface area contributed by atoms with Crippen molar-refractivity contribution in [3.63, 3.8) is 0 Å². The second-order valence-corrected chi connectivity index (χ2v) is 6.79. The van der Waals surface area contributed by atoms with Crippen LogP contribution < -0.4 is 5.32 Å². The number of piperidine rings is 1. The van der Waals surface area contributed by atoms with Crippen LogP contribution in [0.4, 0.5) is 10.5 Å². The van der Waals surface area contributed by atoms with Gasteiger partial charge < -0.3 is 15.3 Å². The van der Waals surface area contributed by atoms with E-state index in [0.717, 1.165) is 18.4 Å². The third-order valence-corrected chi connectivity index (χ3v) is 4.85. The molecule has 0 saturated carbocycles. The van der Waals surface area contributed by atoms with E-state index in [1.54, 1.807) is 28.8 Å². The van der Waals surface area contributed by atoms with E-state index in [9.17, 15) is 9.90 Å². The number of para-hydroxylation sites is 1. The van der Waals surface area contributed by atoms with Crippen LogP contribution in [0, 0.1) is 6.92 Å². The molecule has 7 nitrogen and oxygen atoms in total. The van der Waals surface area contributed by atoms with E-state index < -0.39 is 6.10 Å². The van der Waals surface area contributed by atoms with Crippen LogP contribution in [0.25, 0.3) is 0 Å². The number of benzene rings is 1. The third kappa shape index (κ3) is 3.93. The highest BCUT2D eigenvalue weighted by Gasteiger charge is 2.25. The lowest BCUT2D eigenvalue weighted by Gasteiger charge is -2.32. The van der Waals surface area contributed by atoms with Crippen molar-refractivity contribution in [2.75, 3.05) is 18.4 Å². The van der Waals surface area contributed by atoms with E-state index in [2.05, 4.69) is 15.6 Å². The number of nitrogens with zero attached hydrogens (tertiary/aromatic N) is 4. The zero-order valence-corrected chi connectivity index (χ0v) is 15.1. The Morgan fingerprint density at radius 3 is 2.72 bits per heavy atom. The Balaban J connectivity index is 1.59. The summed E-state index contributed by atoms with van der Waals surface area (Å²) in [5.74, 6) is 0. The van der Waals surface area contributed by atoms with Gasteiger partial charge in [-0.25, -0.2) is 9.48 Å². The summed E-state index contributed by atoms with van der Waals surface area (Å²) in [4.78, 5) is 14.3. The van der Waals surface area contributed by atoms with Crippen LogP contribution in [0.5, 0.6) is 0 Å². The molecule has 8 heteroatoms. The zero-order chi connectivity index (χ0) is 18.0. The van der Waals surface area contributed by atoms with Crippen molar-refractivity contribution in [2.45, 2.75) is 38.8 Å². The lowest BCUT2D eigenvalue weighted by atomic mass is 10.1. The van der Waals surface area contributed by atoms with Crippen LogP contribution in [0.2, 0.25) is 5.02 Å². The van der Waals surface area contributed by atoms with Crippen LogP contribution in [-0.4, -0.2) is 44.1 Å².